The van der Waals surface area contributed by atoms with Gasteiger partial charge in [-0.2, -0.15) is 0 Å². The first-order valence-electron chi connectivity index (χ1n) is 8.07. The minimum absolute atomic E-state index is 0.00928. The number of nitrogens with one attached hydrogen (secondary N) is 1. The Kier molecular flexibility index (Phi) is 6.17. The number of nitrogens with zero attached hydrogens (tertiary/aromatic N) is 2. The number of carboxylic acids is 1. The second kappa shape index (κ2) is 8.33. The molecule has 0 radical (unpaired) electrons. The van der Waals surface area contributed by atoms with E-state index in [0.29, 0.717) is 13.1 Å². The van der Waals surface area contributed by atoms with Gasteiger partial charge in [0.1, 0.15) is 6.04 Å². The van der Waals surface area contributed by atoms with Gasteiger partial charge >= 0.3 is 5.97 Å². The van der Waals surface area contributed by atoms with Crippen molar-refractivity contribution in [2.45, 2.75) is 25.8 Å². The van der Waals surface area contributed by atoms with Crippen LogP contribution < -0.4 is 10.2 Å². The van der Waals surface area contributed by atoms with Gasteiger partial charge in [-0.1, -0.05) is 18.2 Å². The molecule has 0 bridgehead atoms. The van der Waals surface area contributed by atoms with E-state index in [1.165, 1.54) is 6.92 Å². The number of anilines is 1. The summed E-state index contributed by atoms with van der Waals surface area (Å²) < 4.78 is 0. The fourth-order valence-electron chi connectivity index (χ4n) is 2.61. The van der Waals surface area contributed by atoms with Crippen LogP contribution in [0.5, 0.6) is 0 Å². The standard InChI is InChI=1S/C17H23N3O4/c1-13(17(23)24)18-15(21)7-8-16(22)20-11-9-19(10-12-20)14-5-3-2-4-6-14/h2-6,13H,7-12H2,1H3,(H,18,21)(H,23,24). The Bertz CT molecular complexity index is 583. The summed E-state index contributed by atoms with van der Waals surface area (Å²) >= 11 is 0. The molecule has 0 aliphatic carbocycles. The molecule has 130 valence electrons. The molecule has 1 aromatic carbocycles. The highest BCUT2D eigenvalue weighted by Crippen LogP contribution is 2.16. The smallest absolute Gasteiger partial charge is 0.325 e. The van der Waals surface area contributed by atoms with E-state index < -0.39 is 17.9 Å². The Morgan fingerprint density at radius 3 is 2.29 bits per heavy atom. The molecule has 1 fully saturated rings. The number of para-hydroxylation sites is 1. The van der Waals surface area contributed by atoms with E-state index in [1.54, 1.807) is 4.90 Å². The van der Waals surface area contributed by atoms with Crippen molar-refractivity contribution in [1.29, 1.82) is 0 Å². The predicted octanol–water partition coefficient (Wildman–Crippen LogP) is 0.705. The zero-order chi connectivity index (χ0) is 17.5. The van der Waals surface area contributed by atoms with Gasteiger partial charge in [0.15, 0.2) is 0 Å². The molecular formula is C17H23N3O4. The Balaban J connectivity index is 1.73. The quantitative estimate of drug-likeness (QED) is 0.800. The lowest BCUT2D eigenvalue weighted by molar-refractivity contribution is -0.141. The molecule has 1 aliphatic rings. The minimum atomic E-state index is -1.09. The number of aliphatic carboxylic acids is 1. The molecule has 7 heteroatoms. The first kappa shape index (κ1) is 17.8. The number of benzene rings is 1. The van der Waals surface area contributed by atoms with Crippen molar-refractivity contribution < 1.29 is 19.5 Å². The van der Waals surface area contributed by atoms with Crippen LogP contribution >= 0.6 is 0 Å². The molecule has 1 heterocycles. The first-order valence-corrected chi connectivity index (χ1v) is 8.07. The monoisotopic (exact) mass is 333 g/mol. The van der Waals surface area contributed by atoms with Gasteiger partial charge in [-0.15, -0.1) is 0 Å². The lowest BCUT2D eigenvalue weighted by Gasteiger charge is -2.36. The van der Waals surface area contributed by atoms with Crippen LogP contribution in [-0.4, -0.2) is 60.0 Å². The molecule has 2 N–H and O–H groups in total. The lowest BCUT2D eigenvalue weighted by Crippen LogP contribution is -2.49. The third-order valence-corrected chi connectivity index (χ3v) is 4.07. The van der Waals surface area contributed by atoms with Crippen LogP contribution in [0.1, 0.15) is 19.8 Å². The Labute approximate surface area is 141 Å². The molecular weight excluding hydrogens is 310 g/mol. The third-order valence-electron chi connectivity index (χ3n) is 4.07. The maximum absolute atomic E-state index is 12.2. The predicted molar refractivity (Wildman–Crippen MR) is 89.7 cm³/mol. The van der Waals surface area contributed by atoms with Crippen LogP contribution in [0, 0.1) is 0 Å². The van der Waals surface area contributed by atoms with E-state index in [1.807, 2.05) is 30.3 Å². The summed E-state index contributed by atoms with van der Waals surface area (Å²) in [7, 11) is 0. The van der Waals surface area contributed by atoms with Crippen molar-refractivity contribution in [3.63, 3.8) is 0 Å². The van der Waals surface area contributed by atoms with Gasteiger partial charge in [-0.25, -0.2) is 0 Å². The number of carbonyl (C=O) groups is 3. The maximum atomic E-state index is 12.2. The van der Waals surface area contributed by atoms with Crippen molar-refractivity contribution in [2.24, 2.45) is 0 Å². The normalized spacial score (nSPS) is 15.7. The molecule has 7 nitrogen and oxygen atoms in total. The molecule has 1 unspecified atom stereocenters. The van der Waals surface area contributed by atoms with Crippen molar-refractivity contribution in [2.75, 3.05) is 31.1 Å². The Hall–Kier alpha value is -2.57. The van der Waals surface area contributed by atoms with E-state index in [0.717, 1.165) is 18.8 Å². The Morgan fingerprint density at radius 1 is 1.08 bits per heavy atom. The number of carboxylic acid groups (broad SMARTS) is 1. The molecule has 0 saturated carbocycles. The summed E-state index contributed by atoms with van der Waals surface area (Å²) in [6, 6.07) is 9.10. The number of rotatable bonds is 6. The van der Waals surface area contributed by atoms with Crippen molar-refractivity contribution in [3.05, 3.63) is 30.3 Å². The zero-order valence-corrected chi connectivity index (χ0v) is 13.8. The number of hydrogen-bond acceptors (Lipinski definition) is 4. The van der Waals surface area contributed by atoms with Gasteiger partial charge in [0.2, 0.25) is 11.8 Å². The van der Waals surface area contributed by atoms with Crippen LogP contribution in [0.3, 0.4) is 0 Å². The maximum Gasteiger partial charge on any atom is 0.325 e. The van der Waals surface area contributed by atoms with Gasteiger partial charge in [0.05, 0.1) is 0 Å². The largest absolute Gasteiger partial charge is 0.480 e. The van der Waals surface area contributed by atoms with Crippen molar-refractivity contribution in [1.82, 2.24) is 10.2 Å². The number of piperazine rings is 1. The van der Waals surface area contributed by atoms with Crippen molar-refractivity contribution >= 4 is 23.5 Å². The van der Waals surface area contributed by atoms with Gasteiger partial charge in [0, 0.05) is 44.7 Å². The molecule has 2 rings (SSSR count). The van der Waals surface area contributed by atoms with Crippen LogP contribution in [0.25, 0.3) is 0 Å². The minimum Gasteiger partial charge on any atom is -0.480 e. The number of amides is 2. The summed E-state index contributed by atoms with van der Waals surface area (Å²) in [5, 5.41) is 11.1. The van der Waals surface area contributed by atoms with Crippen LogP contribution in [0.2, 0.25) is 0 Å². The lowest BCUT2D eigenvalue weighted by atomic mass is 10.2. The molecule has 0 aromatic heterocycles. The average Bonchev–Trinajstić information content (AvgIpc) is 2.60. The van der Waals surface area contributed by atoms with Gasteiger partial charge in [-0.05, 0) is 19.1 Å². The van der Waals surface area contributed by atoms with Crippen LogP contribution in [-0.2, 0) is 14.4 Å². The van der Waals surface area contributed by atoms with Gasteiger partial charge in [0.25, 0.3) is 0 Å². The van der Waals surface area contributed by atoms with Crippen LogP contribution in [0.4, 0.5) is 5.69 Å². The molecule has 1 atom stereocenters. The highest BCUT2D eigenvalue weighted by molar-refractivity contribution is 5.86. The third kappa shape index (κ3) is 4.97. The highest BCUT2D eigenvalue weighted by Gasteiger charge is 2.22. The molecule has 1 saturated heterocycles. The first-order chi connectivity index (χ1) is 11.5. The van der Waals surface area contributed by atoms with E-state index in [9.17, 15) is 14.4 Å². The van der Waals surface area contributed by atoms with Gasteiger partial charge in [-0.3, -0.25) is 14.4 Å². The van der Waals surface area contributed by atoms with Crippen molar-refractivity contribution in [3.8, 4) is 0 Å². The van der Waals surface area contributed by atoms with E-state index in [2.05, 4.69) is 10.2 Å². The van der Waals surface area contributed by atoms with Crippen LogP contribution in [0.15, 0.2) is 30.3 Å². The summed E-state index contributed by atoms with van der Waals surface area (Å²) in [6.07, 6.45) is 0.110. The summed E-state index contributed by atoms with van der Waals surface area (Å²) in [6.45, 7) is 4.17. The molecule has 1 aliphatic heterocycles. The summed E-state index contributed by atoms with van der Waals surface area (Å²) in [5.74, 6) is -1.58. The number of hydrogen-bond donors (Lipinski definition) is 2. The second-order valence-electron chi connectivity index (χ2n) is 5.83. The zero-order valence-electron chi connectivity index (χ0n) is 13.8. The highest BCUT2D eigenvalue weighted by atomic mass is 16.4. The molecule has 24 heavy (non-hydrogen) atoms. The fourth-order valence-corrected chi connectivity index (χ4v) is 2.61. The molecule has 0 spiro atoms. The molecule has 1 aromatic rings. The second-order valence-corrected chi connectivity index (χ2v) is 5.83. The number of carbonyl (C=O) groups excluding carboxylic acids is 2. The topological polar surface area (TPSA) is 90.0 Å². The summed E-state index contributed by atoms with van der Waals surface area (Å²) in [4.78, 5) is 38.5. The average molecular weight is 333 g/mol. The fraction of sp³-hybridized carbons (Fsp3) is 0.471. The summed E-state index contributed by atoms with van der Waals surface area (Å²) in [5.41, 5.74) is 1.15. The van der Waals surface area contributed by atoms with E-state index in [4.69, 9.17) is 5.11 Å². The van der Waals surface area contributed by atoms with E-state index in [-0.39, 0.29) is 18.7 Å². The van der Waals surface area contributed by atoms with Gasteiger partial charge < -0.3 is 20.2 Å². The SMILES string of the molecule is CC(NC(=O)CCC(=O)N1CCN(c2ccccc2)CC1)C(=O)O. The Morgan fingerprint density at radius 2 is 1.71 bits per heavy atom. The van der Waals surface area contributed by atoms with E-state index >= 15 is 0 Å². The molecule has 2 amide bonds.